The first-order valence-electron chi connectivity index (χ1n) is 10.8. The lowest BCUT2D eigenvalue weighted by Crippen LogP contribution is -2.48. The van der Waals surface area contributed by atoms with E-state index in [2.05, 4.69) is 11.8 Å². The summed E-state index contributed by atoms with van der Waals surface area (Å²) in [7, 11) is 1.98. The number of likely N-dealkylation sites (N-methyl/N-ethyl adjacent to an activating group) is 1. The molecule has 4 N–H and O–H groups in total. The topological polar surface area (TPSA) is 96.0 Å². The molecule has 0 bridgehead atoms. The van der Waals surface area contributed by atoms with Gasteiger partial charge >= 0.3 is 0 Å². The fourth-order valence-corrected chi connectivity index (χ4v) is 4.05. The van der Waals surface area contributed by atoms with E-state index in [1.165, 1.54) is 12.8 Å². The molecule has 7 unspecified atom stereocenters. The van der Waals surface area contributed by atoms with Crippen molar-refractivity contribution >= 4 is 17.5 Å². The number of carbonyl (C=O) groups excluding carboxylic acids is 1. The van der Waals surface area contributed by atoms with E-state index in [-0.39, 0.29) is 29.5 Å². The molecule has 28 heavy (non-hydrogen) atoms. The highest BCUT2D eigenvalue weighted by Crippen LogP contribution is 2.26. The third-order valence-corrected chi connectivity index (χ3v) is 5.50. The third kappa shape index (κ3) is 9.40. The maximum absolute atomic E-state index is 10.9. The van der Waals surface area contributed by atoms with Crippen molar-refractivity contribution in [1.82, 2.24) is 4.90 Å². The van der Waals surface area contributed by atoms with Crippen LogP contribution in [-0.4, -0.2) is 70.4 Å². The van der Waals surface area contributed by atoms with Crippen LogP contribution in [-0.2, 0) is 9.53 Å². The minimum atomic E-state index is -0.793. The summed E-state index contributed by atoms with van der Waals surface area (Å²) < 4.78 is 5.63. The molecule has 2 heterocycles. The van der Waals surface area contributed by atoms with Gasteiger partial charge in [0.05, 0.1) is 24.4 Å². The summed E-state index contributed by atoms with van der Waals surface area (Å²) >= 11 is 5.84. The number of nitrogens with zero attached hydrogens (tertiary/aromatic N) is 1. The van der Waals surface area contributed by atoms with Crippen molar-refractivity contribution in [3.63, 3.8) is 0 Å². The zero-order valence-electron chi connectivity index (χ0n) is 18.6. The number of ether oxygens (including phenoxy) is 1. The number of nitrogens with two attached hydrogens (primary N) is 1. The SMILES string of the molecule is CC.CCC1CC(O)C(O)C(CC(C)Cl)O1.CCCC1CC(C(N)=O)N(C)C1. The van der Waals surface area contributed by atoms with Crippen LogP contribution < -0.4 is 5.73 Å². The largest absolute Gasteiger partial charge is 0.390 e. The van der Waals surface area contributed by atoms with Crippen molar-refractivity contribution in [2.45, 2.75) is 109 Å². The average Bonchev–Trinajstić information content (AvgIpc) is 3.01. The number of amides is 1. The number of hydrogen-bond donors (Lipinski definition) is 3. The minimum Gasteiger partial charge on any atom is -0.390 e. The van der Waals surface area contributed by atoms with E-state index in [0.29, 0.717) is 18.8 Å². The van der Waals surface area contributed by atoms with Crippen LogP contribution in [0.4, 0.5) is 0 Å². The lowest BCUT2D eigenvalue weighted by molar-refractivity contribution is -0.170. The molecular weight excluding hydrogens is 380 g/mol. The number of alkyl halides is 1. The number of carbonyl (C=O) groups is 1. The van der Waals surface area contributed by atoms with Crippen molar-refractivity contribution in [1.29, 1.82) is 0 Å². The van der Waals surface area contributed by atoms with E-state index < -0.39 is 12.2 Å². The molecule has 7 atom stereocenters. The lowest BCUT2D eigenvalue weighted by Gasteiger charge is -2.37. The Balaban J connectivity index is 0.000000483. The van der Waals surface area contributed by atoms with Crippen LogP contribution in [0.5, 0.6) is 0 Å². The Hall–Kier alpha value is -0.400. The maximum Gasteiger partial charge on any atom is 0.234 e. The monoisotopic (exact) mass is 422 g/mol. The zero-order chi connectivity index (χ0) is 21.9. The van der Waals surface area contributed by atoms with Crippen molar-refractivity contribution in [3.05, 3.63) is 0 Å². The summed E-state index contributed by atoms with van der Waals surface area (Å²) in [5.41, 5.74) is 5.27. The van der Waals surface area contributed by atoms with Crippen molar-refractivity contribution in [2.24, 2.45) is 11.7 Å². The number of aliphatic hydroxyl groups is 2. The second kappa shape index (κ2) is 14.6. The fourth-order valence-electron chi connectivity index (χ4n) is 3.87. The van der Waals surface area contributed by atoms with Crippen molar-refractivity contribution in [3.8, 4) is 0 Å². The first-order chi connectivity index (χ1) is 13.2. The molecule has 1 amide bonds. The molecule has 0 aromatic carbocycles. The quantitative estimate of drug-likeness (QED) is 0.572. The van der Waals surface area contributed by atoms with Gasteiger partial charge in [-0.1, -0.05) is 34.1 Å². The molecular formula is C21H43ClN2O4. The highest BCUT2D eigenvalue weighted by Gasteiger charge is 2.36. The van der Waals surface area contributed by atoms with Crippen LogP contribution in [0, 0.1) is 5.92 Å². The molecule has 2 saturated heterocycles. The van der Waals surface area contributed by atoms with Gasteiger partial charge in [-0.2, -0.15) is 0 Å². The Labute approximate surface area is 176 Å². The molecule has 0 aromatic heterocycles. The number of aliphatic hydroxyl groups excluding tert-OH is 2. The van der Waals surface area contributed by atoms with E-state index in [1.54, 1.807) is 0 Å². The summed E-state index contributed by atoms with van der Waals surface area (Å²) in [6.45, 7) is 11.1. The van der Waals surface area contributed by atoms with Crippen LogP contribution in [0.15, 0.2) is 0 Å². The molecule has 2 aliphatic rings. The van der Waals surface area contributed by atoms with E-state index in [1.807, 2.05) is 34.7 Å². The van der Waals surface area contributed by atoms with Gasteiger partial charge in [-0.15, -0.1) is 11.6 Å². The Kier molecular flexibility index (Phi) is 14.4. The summed E-state index contributed by atoms with van der Waals surface area (Å²) in [5.74, 6) is 0.508. The van der Waals surface area contributed by atoms with Gasteiger partial charge in [0, 0.05) is 18.3 Å². The fraction of sp³-hybridized carbons (Fsp3) is 0.952. The molecule has 0 aliphatic carbocycles. The Morgan fingerprint density at radius 1 is 1.29 bits per heavy atom. The summed E-state index contributed by atoms with van der Waals surface area (Å²) in [4.78, 5) is 13.0. The Bertz CT molecular complexity index is 425. The number of halogens is 1. The maximum atomic E-state index is 10.9. The minimum absolute atomic E-state index is 0.0125. The average molecular weight is 423 g/mol. The van der Waals surface area contributed by atoms with Gasteiger partial charge in [-0.05, 0) is 45.6 Å². The zero-order valence-corrected chi connectivity index (χ0v) is 19.4. The molecule has 0 aromatic rings. The number of likely N-dealkylation sites (tertiary alicyclic amines) is 1. The number of primary amides is 1. The predicted octanol–water partition coefficient (Wildman–Crippen LogP) is 2.91. The van der Waals surface area contributed by atoms with E-state index in [4.69, 9.17) is 22.1 Å². The van der Waals surface area contributed by atoms with Crippen LogP contribution in [0.3, 0.4) is 0 Å². The molecule has 0 spiro atoms. The first kappa shape index (κ1) is 27.6. The van der Waals surface area contributed by atoms with E-state index in [0.717, 1.165) is 19.4 Å². The molecule has 2 rings (SSSR count). The summed E-state index contributed by atoms with van der Waals surface area (Å²) in [6, 6.07) is -0.0125. The molecule has 7 heteroatoms. The second-order valence-electron chi connectivity index (χ2n) is 7.76. The van der Waals surface area contributed by atoms with Gasteiger partial charge in [-0.25, -0.2) is 0 Å². The number of rotatable bonds is 6. The van der Waals surface area contributed by atoms with Gasteiger partial charge in [0.25, 0.3) is 0 Å². The van der Waals surface area contributed by atoms with E-state index >= 15 is 0 Å². The van der Waals surface area contributed by atoms with Gasteiger partial charge in [0.1, 0.15) is 6.10 Å². The lowest BCUT2D eigenvalue weighted by atomic mass is 9.94. The Morgan fingerprint density at radius 2 is 1.89 bits per heavy atom. The first-order valence-corrected chi connectivity index (χ1v) is 11.3. The van der Waals surface area contributed by atoms with Gasteiger partial charge in [0.15, 0.2) is 0 Å². The highest BCUT2D eigenvalue weighted by atomic mass is 35.5. The molecule has 2 fully saturated rings. The van der Waals surface area contributed by atoms with Crippen molar-refractivity contribution < 1.29 is 19.7 Å². The molecule has 0 saturated carbocycles. The normalized spacial score (nSPS) is 33.9. The van der Waals surface area contributed by atoms with E-state index in [9.17, 15) is 15.0 Å². The predicted molar refractivity (Wildman–Crippen MR) is 115 cm³/mol. The van der Waals surface area contributed by atoms with Crippen LogP contribution in [0.1, 0.15) is 73.1 Å². The Morgan fingerprint density at radius 3 is 2.32 bits per heavy atom. The molecule has 168 valence electrons. The van der Waals surface area contributed by atoms with Crippen LogP contribution in [0.25, 0.3) is 0 Å². The van der Waals surface area contributed by atoms with Crippen molar-refractivity contribution in [2.75, 3.05) is 13.6 Å². The number of hydrogen-bond acceptors (Lipinski definition) is 5. The smallest absolute Gasteiger partial charge is 0.234 e. The molecule has 0 radical (unpaired) electrons. The molecule has 6 nitrogen and oxygen atoms in total. The molecule has 2 aliphatic heterocycles. The standard InChI is InChI=1S/C10H19ClO3.C9H18N2O.C2H6/c1-3-7-5-8(12)10(13)9(14-7)4-6(2)11;1-3-4-7-5-8(9(10)12)11(2)6-7;1-2/h6-10,12-13H,3-5H2,1-2H3;7-8H,3-6H2,1-2H3,(H2,10,12);1-2H3. The second-order valence-corrected chi connectivity index (χ2v) is 8.51. The summed E-state index contributed by atoms with van der Waals surface area (Å²) in [5, 5.41) is 19.2. The van der Waals surface area contributed by atoms with Crippen LogP contribution >= 0.6 is 11.6 Å². The van der Waals surface area contributed by atoms with Crippen LogP contribution in [0.2, 0.25) is 0 Å². The van der Waals surface area contributed by atoms with Gasteiger partial charge < -0.3 is 20.7 Å². The van der Waals surface area contributed by atoms with Gasteiger partial charge in [-0.3, -0.25) is 9.69 Å². The van der Waals surface area contributed by atoms with Gasteiger partial charge in [0.2, 0.25) is 5.91 Å². The summed E-state index contributed by atoms with van der Waals surface area (Å²) in [6.07, 6.45) is 3.59. The third-order valence-electron chi connectivity index (χ3n) is 5.32. The highest BCUT2D eigenvalue weighted by molar-refractivity contribution is 6.20.